The topological polar surface area (TPSA) is 76.3 Å². The van der Waals surface area contributed by atoms with Crippen LogP contribution in [0.1, 0.15) is 29.7 Å². The summed E-state index contributed by atoms with van der Waals surface area (Å²) in [5.41, 5.74) is 0. The average Bonchev–Trinajstić information content (AvgIpc) is 3.35. The molecule has 1 atom stereocenters. The van der Waals surface area contributed by atoms with E-state index in [1.165, 1.54) is 22.5 Å². The van der Waals surface area contributed by atoms with Crippen molar-refractivity contribution in [2.24, 2.45) is 0 Å². The van der Waals surface area contributed by atoms with Gasteiger partial charge in [-0.2, -0.15) is 4.31 Å². The molecule has 4 rings (SSSR count). The standard InChI is InChI=1S/C17H15Cl2N3O3S2/c1-10-4-7-15(26-10)17-21-20-16(25-17)14-3-2-8-22(14)27(23,24)11-5-6-12(18)13(19)9-11/h4-7,9,14H,2-3,8H2,1H3. The minimum Gasteiger partial charge on any atom is -0.418 e. The number of halogens is 2. The Morgan fingerprint density at radius 2 is 2.00 bits per heavy atom. The number of thiophene rings is 1. The Kier molecular flexibility index (Phi) is 5.02. The fourth-order valence-electron chi connectivity index (χ4n) is 3.07. The summed E-state index contributed by atoms with van der Waals surface area (Å²) in [7, 11) is -3.76. The highest BCUT2D eigenvalue weighted by atomic mass is 35.5. The number of benzene rings is 1. The summed E-state index contributed by atoms with van der Waals surface area (Å²) >= 11 is 13.5. The molecule has 0 N–H and O–H groups in total. The Labute approximate surface area is 170 Å². The third kappa shape index (κ3) is 3.52. The molecule has 3 heterocycles. The van der Waals surface area contributed by atoms with E-state index < -0.39 is 16.1 Å². The van der Waals surface area contributed by atoms with E-state index >= 15 is 0 Å². The second-order valence-electron chi connectivity index (χ2n) is 6.21. The molecule has 0 bridgehead atoms. The van der Waals surface area contributed by atoms with Crippen molar-refractivity contribution in [3.05, 3.63) is 51.1 Å². The van der Waals surface area contributed by atoms with Crippen molar-refractivity contribution >= 4 is 44.6 Å². The highest BCUT2D eigenvalue weighted by molar-refractivity contribution is 7.89. The molecule has 1 unspecified atom stereocenters. The van der Waals surface area contributed by atoms with Gasteiger partial charge in [0.1, 0.15) is 6.04 Å². The van der Waals surface area contributed by atoms with E-state index in [0.717, 1.165) is 9.75 Å². The van der Waals surface area contributed by atoms with Gasteiger partial charge in [-0.05, 0) is 50.1 Å². The molecule has 0 amide bonds. The summed E-state index contributed by atoms with van der Waals surface area (Å²) in [5, 5.41) is 8.71. The first kappa shape index (κ1) is 18.9. The summed E-state index contributed by atoms with van der Waals surface area (Å²) in [4.78, 5) is 2.09. The summed E-state index contributed by atoms with van der Waals surface area (Å²) in [6.45, 7) is 2.37. The molecule has 0 spiro atoms. The largest absolute Gasteiger partial charge is 0.418 e. The lowest BCUT2D eigenvalue weighted by molar-refractivity contribution is 0.332. The molecule has 142 valence electrons. The van der Waals surface area contributed by atoms with Crippen LogP contribution < -0.4 is 0 Å². The molecule has 1 aliphatic heterocycles. The Balaban J connectivity index is 1.66. The Bertz CT molecular complexity index is 1090. The third-order valence-electron chi connectivity index (χ3n) is 4.38. The van der Waals surface area contributed by atoms with Crippen molar-refractivity contribution in [3.8, 4) is 10.8 Å². The van der Waals surface area contributed by atoms with Gasteiger partial charge in [0.15, 0.2) is 0 Å². The van der Waals surface area contributed by atoms with Crippen LogP contribution >= 0.6 is 34.5 Å². The van der Waals surface area contributed by atoms with E-state index in [2.05, 4.69) is 10.2 Å². The van der Waals surface area contributed by atoms with Crippen molar-refractivity contribution in [1.82, 2.24) is 14.5 Å². The number of hydrogen-bond donors (Lipinski definition) is 0. The van der Waals surface area contributed by atoms with Gasteiger partial charge in [0.2, 0.25) is 15.9 Å². The van der Waals surface area contributed by atoms with Gasteiger partial charge < -0.3 is 4.42 Å². The van der Waals surface area contributed by atoms with Crippen LogP contribution in [0.2, 0.25) is 10.0 Å². The molecule has 6 nitrogen and oxygen atoms in total. The van der Waals surface area contributed by atoms with Gasteiger partial charge in [0.05, 0.1) is 19.8 Å². The molecular formula is C17H15Cl2N3O3S2. The van der Waals surface area contributed by atoms with E-state index in [1.807, 2.05) is 19.1 Å². The number of rotatable bonds is 4. The fraction of sp³-hybridized carbons (Fsp3) is 0.294. The number of hydrogen-bond acceptors (Lipinski definition) is 6. The molecule has 1 aliphatic rings. The smallest absolute Gasteiger partial charge is 0.257 e. The predicted octanol–water partition coefficient (Wildman–Crippen LogP) is 4.94. The molecule has 27 heavy (non-hydrogen) atoms. The Morgan fingerprint density at radius 3 is 2.70 bits per heavy atom. The Hall–Kier alpha value is -1.45. The molecular weight excluding hydrogens is 429 g/mol. The average molecular weight is 444 g/mol. The van der Waals surface area contributed by atoms with Crippen LogP contribution in [0.3, 0.4) is 0 Å². The van der Waals surface area contributed by atoms with Crippen molar-refractivity contribution in [2.75, 3.05) is 6.54 Å². The maximum absolute atomic E-state index is 13.1. The molecule has 1 aromatic carbocycles. The monoisotopic (exact) mass is 443 g/mol. The van der Waals surface area contributed by atoms with Crippen LogP contribution in [0.4, 0.5) is 0 Å². The van der Waals surface area contributed by atoms with Gasteiger partial charge >= 0.3 is 0 Å². The molecule has 10 heteroatoms. The molecule has 1 saturated heterocycles. The van der Waals surface area contributed by atoms with Crippen molar-refractivity contribution in [3.63, 3.8) is 0 Å². The van der Waals surface area contributed by atoms with E-state index in [1.54, 1.807) is 11.3 Å². The first-order chi connectivity index (χ1) is 12.9. The normalized spacial score (nSPS) is 18.3. The Morgan fingerprint density at radius 1 is 1.19 bits per heavy atom. The molecule has 2 aromatic heterocycles. The summed E-state index contributed by atoms with van der Waals surface area (Å²) in [5.74, 6) is 0.707. The van der Waals surface area contributed by atoms with Gasteiger partial charge in [0.25, 0.3) is 5.89 Å². The number of sulfonamides is 1. The highest BCUT2D eigenvalue weighted by Crippen LogP contribution is 2.38. The van der Waals surface area contributed by atoms with E-state index in [9.17, 15) is 8.42 Å². The van der Waals surface area contributed by atoms with E-state index in [0.29, 0.717) is 36.2 Å². The van der Waals surface area contributed by atoms with Gasteiger partial charge in [-0.25, -0.2) is 8.42 Å². The number of aromatic nitrogens is 2. The molecule has 1 fully saturated rings. The lowest BCUT2D eigenvalue weighted by Gasteiger charge is -2.21. The van der Waals surface area contributed by atoms with Crippen molar-refractivity contribution in [2.45, 2.75) is 30.7 Å². The maximum Gasteiger partial charge on any atom is 0.257 e. The van der Waals surface area contributed by atoms with Crippen LogP contribution in [0, 0.1) is 6.92 Å². The van der Waals surface area contributed by atoms with E-state index in [-0.39, 0.29) is 9.92 Å². The number of aryl methyl sites for hydroxylation is 1. The van der Waals surface area contributed by atoms with Crippen molar-refractivity contribution in [1.29, 1.82) is 0 Å². The van der Waals surface area contributed by atoms with Crippen molar-refractivity contribution < 1.29 is 12.8 Å². The summed E-state index contributed by atoms with van der Waals surface area (Å²) in [6, 6.07) is 7.68. The zero-order valence-electron chi connectivity index (χ0n) is 14.2. The molecule has 0 radical (unpaired) electrons. The summed E-state index contributed by atoms with van der Waals surface area (Å²) in [6.07, 6.45) is 1.33. The highest BCUT2D eigenvalue weighted by Gasteiger charge is 2.39. The predicted molar refractivity (Wildman–Crippen MR) is 105 cm³/mol. The third-order valence-corrected chi connectivity index (χ3v) is 8.01. The minimum absolute atomic E-state index is 0.0948. The molecule has 0 saturated carbocycles. The van der Waals surface area contributed by atoms with Gasteiger partial charge in [-0.3, -0.25) is 0 Å². The van der Waals surface area contributed by atoms with Crippen LogP contribution in [0.15, 0.2) is 39.6 Å². The van der Waals surface area contributed by atoms with Crippen LogP contribution in [-0.4, -0.2) is 29.5 Å². The van der Waals surface area contributed by atoms with Gasteiger partial charge in [-0.15, -0.1) is 21.5 Å². The maximum atomic E-state index is 13.1. The zero-order chi connectivity index (χ0) is 19.2. The first-order valence-corrected chi connectivity index (χ1v) is 11.2. The second-order valence-corrected chi connectivity index (χ2v) is 10.2. The van der Waals surface area contributed by atoms with E-state index in [4.69, 9.17) is 27.6 Å². The first-order valence-electron chi connectivity index (χ1n) is 8.23. The van der Waals surface area contributed by atoms with Crippen LogP contribution in [0.5, 0.6) is 0 Å². The SMILES string of the molecule is Cc1ccc(-c2nnc(C3CCCN3S(=O)(=O)c3ccc(Cl)c(Cl)c3)o2)s1. The number of nitrogens with zero attached hydrogens (tertiary/aromatic N) is 3. The molecule has 0 aliphatic carbocycles. The fourth-order valence-corrected chi connectivity index (χ4v) is 5.89. The molecule has 3 aromatic rings. The van der Waals surface area contributed by atoms with Gasteiger partial charge in [-0.1, -0.05) is 23.2 Å². The lowest BCUT2D eigenvalue weighted by Crippen LogP contribution is -2.30. The lowest BCUT2D eigenvalue weighted by atomic mass is 10.2. The zero-order valence-corrected chi connectivity index (χ0v) is 17.4. The summed E-state index contributed by atoms with van der Waals surface area (Å²) < 4.78 is 33.4. The van der Waals surface area contributed by atoms with Crippen LogP contribution in [0.25, 0.3) is 10.8 Å². The van der Waals surface area contributed by atoms with Crippen LogP contribution in [-0.2, 0) is 10.0 Å². The second kappa shape index (κ2) is 7.18. The quantitative estimate of drug-likeness (QED) is 0.570. The minimum atomic E-state index is -3.76. The van der Waals surface area contributed by atoms with Gasteiger partial charge in [0, 0.05) is 11.4 Å².